The Morgan fingerprint density at radius 3 is 1.96 bits per heavy atom. The van der Waals surface area contributed by atoms with Crippen molar-refractivity contribution in [1.29, 1.82) is 0 Å². The number of furan rings is 1. The van der Waals surface area contributed by atoms with Crippen LogP contribution in [0.1, 0.15) is 29.5 Å². The number of fused-ring (bicyclic) bond motifs is 6. The summed E-state index contributed by atoms with van der Waals surface area (Å²) in [5, 5.41) is 4.68. The zero-order valence-electron chi connectivity index (χ0n) is 28.4. The molecule has 1 aliphatic rings. The molecule has 7 aromatic carbocycles. The van der Waals surface area contributed by atoms with Gasteiger partial charge >= 0.3 is 0 Å². The predicted octanol–water partition coefficient (Wildman–Crippen LogP) is 12.4. The van der Waals surface area contributed by atoms with E-state index in [1.807, 2.05) is 24.3 Å². The Morgan fingerprint density at radius 1 is 0.481 bits per heavy atom. The predicted molar refractivity (Wildman–Crippen MR) is 217 cm³/mol. The third kappa shape index (κ3) is 5.07. The van der Waals surface area contributed by atoms with Gasteiger partial charge in [0.1, 0.15) is 11.2 Å². The number of benzene rings is 7. The largest absolute Gasteiger partial charge is 0.456 e. The highest BCUT2D eigenvalue weighted by atomic mass is 16.3. The van der Waals surface area contributed by atoms with Crippen molar-refractivity contribution in [2.45, 2.75) is 12.8 Å². The van der Waals surface area contributed by atoms with Crippen LogP contribution in [0.5, 0.6) is 0 Å². The van der Waals surface area contributed by atoms with Crippen LogP contribution in [-0.4, -0.2) is 16.1 Å². The summed E-state index contributed by atoms with van der Waals surface area (Å²) in [7, 11) is 0. The lowest BCUT2D eigenvalue weighted by atomic mass is 9.95. The number of nitrogens with zero attached hydrogens (tertiary/aromatic N) is 3. The molecule has 10 rings (SSSR count). The minimum atomic E-state index is 0.708. The van der Waals surface area contributed by atoms with Crippen LogP contribution in [0.15, 0.2) is 190 Å². The van der Waals surface area contributed by atoms with Gasteiger partial charge in [-0.25, -0.2) is 9.98 Å². The van der Waals surface area contributed by atoms with Gasteiger partial charge in [-0.05, 0) is 77.6 Å². The minimum absolute atomic E-state index is 0.708. The zero-order chi connectivity index (χ0) is 34.4. The normalized spacial score (nSPS) is 13.6. The molecule has 0 N–H and O–H groups in total. The molecule has 0 atom stereocenters. The molecule has 246 valence electrons. The smallest absolute Gasteiger partial charge is 0.160 e. The maximum atomic E-state index is 6.66. The molecule has 9 aromatic rings. The van der Waals surface area contributed by atoms with E-state index in [9.17, 15) is 0 Å². The molecular weight excluding hydrogens is 635 g/mol. The first-order valence-electron chi connectivity index (χ1n) is 17.8. The molecule has 2 aromatic heterocycles. The van der Waals surface area contributed by atoms with E-state index in [1.54, 1.807) is 0 Å². The number of aromatic nitrogens is 1. The van der Waals surface area contributed by atoms with E-state index in [4.69, 9.17) is 14.4 Å². The molecule has 1 aliphatic heterocycles. The van der Waals surface area contributed by atoms with Crippen molar-refractivity contribution in [1.82, 2.24) is 4.57 Å². The second kappa shape index (κ2) is 12.5. The van der Waals surface area contributed by atoms with Gasteiger partial charge in [0.2, 0.25) is 0 Å². The summed E-state index contributed by atoms with van der Waals surface area (Å²) in [6, 6.07) is 59.5. The first-order chi connectivity index (χ1) is 25.8. The molecule has 52 heavy (non-hydrogen) atoms. The maximum Gasteiger partial charge on any atom is 0.160 e. The van der Waals surface area contributed by atoms with Gasteiger partial charge in [0.05, 0.1) is 22.4 Å². The van der Waals surface area contributed by atoms with Gasteiger partial charge in [0, 0.05) is 32.8 Å². The summed E-state index contributed by atoms with van der Waals surface area (Å²) in [6.07, 6.45) is 3.85. The van der Waals surface area contributed by atoms with Crippen molar-refractivity contribution in [3.05, 3.63) is 193 Å². The van der Waals surface area contributed by atoms with Crippen LogP contribution in [0, 0.1) is 0 Å². The zero-order valence-corrected chi connectivity index (χ0v) is 28.4. The van der Waals surface area contributed by atoms with Gasteiger partial charge < -0.3 is 8.98 Å². The molecule has 0 radical (unpaired) electrons. The van der Waals surface area contributed by atoms with Crippen LogP contribution in [0.2, 0.25) is 0 Å². The quantitative estimate of drug-likeness (QED) is 0.180. The van der Waals surface area contributed by atoms with E-state index in [2.05, 4.69) is 156 Å². The Balaban J connectivity index is 1.12. The average molecular weight is 668 g/mol. The monoisotopic (exact) mass is 667 g/mol. The van der Waals surface area contributed by atoms with E-state index >= 15 is 0 Å². The Hall–Kier alpha value is -6.78. The molecular formula is C48H33N3O. The van der Waals surface area contributed by atoms with Gasteiger partial charge in [0.25, 0.3) is 0 Å². The van der Waals surface area contributed by atoms with Gasteiger partial charge in [0.15, 0.2) is 5.84 Å². The van der Waals surface area contributed by atoms with Crippen molar-refractivity contribution >= 4 is 61.0 Å². The second-order valence-electron chi connectivity index (χ2n) is 13.2. The molecule has 0 aliphatic carbocycles. The molecule has 0 spiro atoms. The summed E-state index contributed by atoms with van der Waals surface area (Å²) in [5.41, 5.74) is 12.6. The molecule has 0 bridgehead atoms. The van der Waals surface area contributed by atoms with Gasteiger partial charge in [-0.1, -0.05) is 133 Å². The molecule has 0 fully saturated rings. The Kier molecular flexibility index (Phi) is 7.24. The topological polar surface area (TPSA) is 42.8 Å². The number of amidine groups is 1. The van der Waals surface area contributed by atoms with Crippen molar-refractivity contribution < 1.29 is 4.42 Å². The van der Waals surface area contributed by atoms with Crippen LogP contribution in [0.3, 0.4) is 0 Å². The minimum Gasteiger partial charge on any atom is -0.456 e. The molecule has 0 saturated carbocycles. The Labute approximate surface area is 301 Å². The van der Waals surface area contributed by atoms with Crippen LogP contribution in [0.25, 0.3) is 66.3 Å². The van der Waals surface area contributed by atoms with E-state index in [0.717, 1.165) is 74.1 Å². The summed E-state index contributed by atoms with van der Waals surface area (Å²) >= 11 is 0. The van der Waals surface area contributed by atoms with Crippen LogP contribution in [-0.2, 0) is 0 Å². The highest BCUT2D eigenvalue weighted by Gasteiger charge is 2.20. The summed E-state index contributed by atoms with van der Waals surface area (Å²) in [6.45, 7) is 0. The maximum absolute atomic E-state index is 6.66. The fourth-order valence-electron chi connectivity index (χ4n) is 7.76. The summed E-state index contributed by atoms with van der Waals surface area (Å²) in [5.74, 6) is 0.708. The van der Waals surface area contributed by atoms with Crippen LogP contribution < -0.4 is 0 Å². The number of rotatable bonds is 5. The number of para-hydroxylation sites is 2. The van der Waals surface area contributed by atoms with Crippen molar-refractivity contribution in [3.63, 3.8) is 0 Å². The molecule has 4 nitrogen and oxygen atoms in total. The Morgan fingerprint density at radius 2 is 1.15 bits per heavy atom. The number of aliphatic imine (C=N–C) groups is 2. The number of allylic oxidation sites excluding steroid dienone is 1. The van der Waals surface area contributed by atoms with Crippen molar-refractivity contribution in [3.8, 4) is 16.8 Å². The van der Waals surface area contributed by atoms with Crippen LogP contribution >= 0.6 is 0 Å². The molecule has 0 saturated heterocycles. The highest BCUT2D eigenvalue weighted by molar-refractivity contribution is 6.22. The van der Waals surface area contributed by atoms with Gasteiger partial charge in [-0.3, -0.25) is 0 Å². The lowest BCUT2D eigenvalue weighted by molar-refractivity contribution is 0.669. The molecule has 0 amide bonds. The third-order valence-corrected chi connectivity index (χ3v) is 10.1. The average Bonchev–Trinajstić information content (AvgIpc) is 3.75. The second-order valence-corrected chi connectivity index (χ2v) is 13.2. The van der Waals surface area contributed by atoms with Crippen molar-refractivity contribution in [2.24, 2.45) is 9.98 Å². The molecule has 3 heterocycles. The van der Waals surface area contributed by atoms with E-state index in [0.29, 0.717) is 5.84 Å². The van der Waals surface area contributed by atoms with Gasteiger partial charge in [-0.2, -0.15) is 0 Å². The Bertz CT molecular complexity index is 2880. The lowest BCUT2D eigenvalue weighted by Crippen LogP contribution is -2.09. The standard InChI is InChI=1S/C48H33N3O/c1-4-15-32(16-5-1)40-24-14-25-41(50-48(49-40)33-17-6-2-7-18-33)34-29-30-39-45(31-34)52-44-28-13-23-37(47(39)44)36-22-12-27-43-46(36)38-21-10-11-26-42(38)51(43)35-19-8-3-9-20-35/h1-13,15-24,26-31H,14,25H2. The molecule has 4 heteroatoms. The van der Waals surface area contributed by atoms with E-state index in [-0.39, 0.29) is 0 Å². The number of hydrogen-bond donors (Lipinski definition) is 0. The molecule has 0 unspecified atom stereocenters. The third-order valence-electron chi connectivity index (χ3n) is 10.1. The fraction of sp³-hybridized carbons (Fsp3) is 0.0417. The van der Waals surface area contributed by atoms with Crippen LogP contribution in [0.4, 0.5) is 0 Å². The number of hydrogen-bond acceptors (Lipinski definition) is 3. The van der Waals surface area contributed by atoms with Crippen molar-refractivity contribution in [2.75, 3.05) is 0 Å². The summed E-state index contributed by atoms with van der Waals surface area (Å²) < 4.78 is 9.03. The first kappa shape index (κ1) is 30.1. The fourth-order valence-corrected chi connectivity index (χ4v) is 7.76. The highest BCUT2D eigenvalue weighted by Crippen LogP contribution is 2.43. The van der Waals surface area contributed by atoms with Gasteiger partial charge in [-0.15, -0.1) is 0 Å². The SMILES string of the molecule is C1=C(c2ccccc2)N=C(c2ccccc2)N=C(c2ccc3c(c2)oc2cccc(-c4cccc5c4c4ccccc4n5-c4ccccc4)c23)CC1. The van der Waals surface area contributed by atoms with E-state index < -0.39 is 0 Å². The summed E-state index contributed by atoms with van der Waals surface area (Å²) in [4.78, 5) is 10.4. The van der Waals surface area contributed by atoms with E-state index in [1.165, 1.54) is 27.4 Å². The lowest BCUT2D eigenvalue weighted by Gasteiger charge is -2.13. The first-order valence-corrected chi connectivity index (χ1v) is 17.8.